The zero-order valence-electron chi connectivity index (χ0n) is 13.1. The highest BCUT2D eigenvalue weighted by Crippen LogP contribution is 2.14. The normalized spacial score (nSPS) is 14.0. The molecule has 4 N–H and O–H groups in total. The Kier molecular flexibility index (Phi) is 8.01. The molecule has 118 valence electrons. The molecule has 0 aliphatic carbocycles. The number of aliphatic hydroxyl groups excluding tert-OH is 1. The van der Waals surface area contributed by atoms with E-state index in [9.17, 15) is 9.90 Å². The summed E-state index contributed by atoms with van der Waals surface area (Å²) in [6.45, 7) is 4.73. The summed E-state index contributed by atoms with van der Waals surface area (Å²) in [5.74, 6) is 0.714. The van der Waals surface area contributed by atoms with Gasteiger partial charge in [0.25, 0.3) is 0 Å². The number of carbonyl (C=O) groups is 1. The lowest BCUT2D eigenvalue weighted by Crippen LogP contribution is -2.40. The second-order valence-corrected chi connectivity index (χ2v) is 6.07. The molecule has 0 fully saturated rings. The van der Waals surface area contributed by atoms with Gasteiger partial charge in [-0.25, -0.2) is 0 Å². The third kappa shape index (κ3) is 7.25. The molecule has 0 saturated heterocycles. The van der Waals surface area contributed by atoms with Crippen LogP contribution in [0.25, 0.3) is 0 Å². The Morgan fingerprint density at radius 1 is 1.29 bits per heavy atom. The molecular weight excluding hydrogens is 264 g/mol. The van der Waals surface area contributed by atoms with Crippen LogP contribution in [0.15, 0.2) is 30.3 Å². The van der Waals surface area contributed by atoms with E-state index >= 15 is 0 Å². The standard InChI is InChI=1S/C17H28N2O2/c1-13(2)8-15(11-18)10-17(21)19-16(12-20)9-14-6-4-3-5-7-14/h3-7,13,15-16,20H,8-12,18H2,1-2H3,(H,19,21)/t15-,16?/m0/s1. The number of nitrogens with one attached hydrogen (secondary N) is 1. The highest BCUT2D eigenvalue weighted by molar-refractivity contribution is 5.76. The van der Waals surface area contributed by atoms with Crippen molar-refractivity contribution in [2.75, 3.05) is 13.2 Å². The van der Waals surface area contributed by atoms with Crippen molar-refractivity contribution >= 4 is 5.91 Å². The second-order valence-electron chi connectivity index (χ2n) is 6.07. The summed E-state index contributed by atoms with van der Waals surface area (Å²) >= 11 is 0. The average Bonchev–Trinajstić information content (AvgIpc) is 2.46. The molecular formula is C17H28N2O2. The highest BCUT2D eigenvalue weighted by Gasteiger charge is 2.17. The SMILES string of the molecule is CC(C)C[C@H](CN)CC(=O)NC(CO)Cc1ccccc1. The lowest BCUT2D eigenvalue weighted by molar-refractivity contribution is -0.123. The van der Waals surface area contributed by atoms with Crippen LogP contribution < -0.4 is 11.1 Å². The van der Waals surface area contributed by atoms with E-state index in [0.29, 0.717) is 25.3 Å². The lowest BCUT2D eigenvalue weighted by atomic mass is 9.94. The first-order valence-corrected chi connectivity index (χ1v) is 7.69. The molecule has 1 unspecified atom stereocenters. The number of carbonyl (C=O) groups excluding carboxylic acids is 1. The first-order valence-electron chi connectivity index (χ1n) is 7.69. The molecule has 21 heavy (non-hydrogen) atoms. The van der Waals surface area contributed by atoms with Crippen LogP contribution in [0.3, 0.4) is 0 Å². The molecule has 1 rings (SSSR count). The quantitative estimate of drug-likeness (QED) is 0.648. The molecule has 0 heterocycles. The lowest BCUT2D eigenvalue weighted by Gasteiger charge is -2.20. The van der Waals surface area contributed by atoms with Crippen molar-refractivity contribution in [1.29, 1.82) is 0 Å². The Bertz CT molecular complexity index is 407. The number of aliphatic hydroxyl groups is 1. The average molecular weight is 292 g/mol. The van der Waals surface area contributed by atoms with Gasteiger partial charge in [0.2, 0.25) is 5.91 Å². The van der Waals surface area contributed by atoms with Gasteiger partial charge in [0.05, 0.1) is 12.6 Å². The van der Waals surface area contributed by atoms with Crippen LogP contribution in [0, 0.1) is 11.8 Å². The predicted molar refractivity (Wildman–Crippen MR) is 85.8 cm³/mol. The molecule has 0 spiro atoms. The fraction of sp³-hybridized carbons (Fsp3) is 0.588. The van der Waals surface area contributed by atoms with Gasteiger partial charge >= 0.3 is 0 Å². The minimum Gasteiger partial charge on any atom is -0.394 e. The number of hydrogen-bond donors (Lipinski definition) is 3. The van der Waals surface area contributed by atoms with Crippen molar-refractivity contribution in [3.05, 3.63) is 35.9 Å². The fourth-order valence-corrected chi connectivity index (χ4v) is 2.54. The van der Waals surface area contributed by atoms with Crippen LogP contribution in [0.5, 0.6) is 0 Å². The summed E-state index contributed by atoms with van der Waals surface area (Å²) in [5, 5.41) is 12.3. The van der Waals surface area contributed by atoms with E-state index in [1.54, 1.807) is 0 Å². The zero-order chi connectivity index (χ0) is 15.7. The Morgan fingerprint density at radius 3 is 2.48 bits per heavy atom. The minimum absolute atomic E-state index is 0.0268. The van der Waals surface area contributed by atoms with Gasteiger partial charge in [0.1, 0.15) is 0 Å². The largest absolute Gasteiger partial charge is 0.394 e. The van der Waals surface area contributed by atoms with Crippen molar-refractivity contribution in [1.82, 2.24) is 5.32 Å². The van der Waals surface area contributed by atoms with Crippen molar-refractivity contribution in [3.8, 4) is 0 Å². The van der Waals surface area contributed by atoms with Gasteiger partial charge in [-0.05, 0) is 36.8 Å². The third-order valence-corrected chi connectivity index (χ3v) is 3.52. The van der Waals surface area contributed by atoms with E-state index in [2.05, 4.69) is 19.2 Å². The maximum Gasteiger partial charge on any atom is 0.220 e. The predicted octanol–water partition coefficient (Wildman–Crippen LogP) is 1.72. The van der Waals surface area contributed by atoms with Crippen molar-refractivity contribution in [2.45, 2.75) is 39.2 Å². The number of hydrogen-bond acceptors (Lipinski definition) is 3. The van der Waals surface area contributed by atoms with Gasteiger partial charge in [0, 0.05) is 6.42 Å². The van der Waals surface area contributed by atoms with E-state index in [-0.39, 0.29) is 24.5 Å². The Hall–Kier alpha value is -1.39. The van der Waals surface area contributed by atoms with Crippen molar-refractivity contribution < 1.29 is 9.90 Å². The van der Waals surface area contributed by atoms with Crippen molar-refractivity contribution in [2.24, 2.45) is 17.6 Å². The summed E-state index contributed by atoms with van der Waals surface area (Å²) < 4.78 is 0. The van der Waals surface area contributed by atoms with E-state index < -0.39 is 0 Å². The molecule has 1 amide bonds. The van der Waals surface area contributed by atoms with Gasteiger partial charge < -0.3 is 16.2 Å². The Labute approximate surface area is 127 Å². The maximum atomic E-state index is 12.1. The molecule has 0 aromatic heterocycles. The molecule has 1 aromatic rings. The molecule has 2 atom stereocenters. The number of benzene rings is 1. The summed E-state index contributed by atoms with van der Waals surface area (Å²) in [6.07, 6.45) is 2.02. The van der Waals surface area contributed by atoms with Gasteiger partial charge in [-0.3, -0.25) is 4.79 Å². The maximum absolute atomic E-state index is 12.1. The molecule has 0 radical (unpaired) electrons. The first-order chi connectivity index (χ1) is 10.0. The number of amides is 1. The summed E-state index contributed by atoms with van der Waals surface area (Å²) in [6, 6.07) is 9.62. The minimum atomic E-state index is -0.239. The first kappa shape index (κ1) is 17.7. The molecule has 1 aromatic carbocycles. The highest BCUT2D eigenvalue weighted by atomic mass is 16.3. The second kappa shape index (κ2) is 9.53. The molecule has 0 bridgehead atoms. The fourth-order valence-electron chi connectivity index (χ4n) is 2.54. The molecule has 0 aliphatic heterocycles. The monoisotopic (exact) mass is 292 g/mol. The molecule has 4 heteroatoms. The van der Waals surface area contributed by atoms with Crippen LogP contribution in [0.4, 0.5) is 0 Å². The summed E-state index contributed by atoms with van der Waals surface area (Å²) in [4.78, 5) is 12.1. The van der Waals surface area contributed by atoms with E-state index in [0.717, 1.165) is 12.0 Å². The number of rotatable bonds is 9. The summed E-state index contributed by atoms with van der Waals surface area (Å²) in [5.41, 5.74) is 6.83. The Balaban J connectivity index is 2.46. The van der Waals surface area contributed by atoms with Gasteiger partial charge in [-0.15, -0.1) is 0 Å². The van der Waals surface area contributed by atoms with Gasteiger partial charge in [-0.2, -0.15) is 0 Å². The molecule has 0 saturated carbocycles. The molecule has 4 nitrogen and oxygen atoms in total. The molecule has 0 aliphatic rings. The van der Waals surface area contributed by atoms with Gasteiger partial charge in [0.15, 0.2) is 0 Å². The Morgan fingerprint density at radius 2 is 1.95 bits per heavy atom. The van der Waals surface area contributed by atoms with Crippen LogP contribution in [0.2, 0.25) is 0 Å². The van der Waals surface area contributed by atoms with Crippen LogP contribution in [-0.2, 0) is 11.2 Å². The number of nitrogens with two attached hydrogens (primary N) is 1. The summed E-state index contributed by atoms with van der Waals surface area (Å²) in [7, 11) is 0. The topological polar surface area (TPSA) is 75.4 Å². The van der Waals surface area contributed by atoms with E-state index in [1.165, 1.54) is 0 Å². The van der Waals surface area contributed by atoms with Crippen molar-refractivity contribution in [3.63, 3.8) is 0 Å². The third-order valence-electron chi connectivity index (χ3n) is 3.52. The van der Waals surface area contributed by atoms with E-state index in [1.807, 2.05) is 30.3 Å². The van der Waals surface area contributed by atoms with Crippen LogP contribution in [0.1, 0.15) is 32.3 Å². The van der Waals surface area contributed by atoms with Crippen LogP contribution >= 0.6 is 0 Å². The zero-order valence-corrected chi connectivity index (χ0v) is 13.1. The smallest absolute Gasteiger partial charge is 0.220 e. The van der Waals surface area contributed by atoms with Crippen LogP contribution in [-0.4, -0.2) is 30.2 Å². The van der Waals surface area contributed by atoms with Gasteiger partial charge in [-0.1, -0.05) is 44.2 Å². The van der Waals surface area contributed by atoms with E-state index in [4.69, 9.17) is 5.73 Å².